The van der Waals surface area contributed by atoms with Gasteiger partial charge in [-0.1, -0.05) is 19.1 Å². The Balaban J connectivity index is 1.66. The van der Waals surface area contributed by atoms with Gasteiger partial charge in [-0.2, -0.15) is 0 Å². The number of rotatable bonds is 6. The number of carbonyl (C=O) groups excluding carboxylic acids is 2. The van der Waals surface area contributed by atoms with E-state index in [4.69, 9.17) is 21.7 Å². The minimum absolute atomic E-state index is 0.0921. The molecule has 0 bridgehead atoms. The van der Waals surface area contributed by atoms with Crippen molar-refractivity contribution in [3.05, 3.63) is 23.8 Å². The van der Waals surface area contributed by atoms with E-state index in [-0.39, 0.29) is 37.6 Å². The number of piperazine rings is 1. The van der Waals surface area contributed by atoms with E-state index in [1.807, 2.05) is 6.92 Å². The second-order valence-electron chi connectivity index (χ2n) is 7.21. The maximum absolute atomic E-state index is 14.9. The number of anilines is 2. The highest BCUT2D eigenvalue weighted by atomic mass is 32.1. The van der Waals surface area contributed by atoms with Crippen molar-refractivity contribution in [3.63, 3.8) is 0 Å². The molecule has 2 fully saturated rings. The zero-order chi connectivity index (χ0) is 22.5. The Morgan fingerprint density at radius 1 is 1.23 bits per heavy atom. The van der Waals surface area contributed by atoms with Crippen LogP contribution in [0.3, 0.4) is 0 Å². The summed E-state index contributed by atoms with van der Waals surface area (Å²) >= 11 is 5.09. The second kappa shape index (κ2) is 10.1. The van der Waals surface area contributed by atoms with E-state index in [1.165, 1.54) is 9.80 Å². The lowest BCUT2D eigenvalue weighted by molar-refractivity contribution is 0.105. The molecular weight excluding hydrogens is 430 g/mol. The summed E-state index contributed by atoms with van der Waals surface area (Å²) in [4.78, 5) is 28.9. The summed E-state index contributed by atoms with van der Waals surface area (Å²) in [5.41, 5.74) is -0.0826. The van der Waals surface area contributed by atoms with Crippen LogP contribution in [0.15, 0.2) is 12.1 Å². The molecule has 8 nitrogen and oxygen atoms in total. The molecule has 3 rings (SSSR count). The van der Waals surface area contributed by atoms with Crippen molar-refractivity contribution in [1.29, 1.82) is 0 Å². The molecule has 2 heterocycles. The highest BCUT2D eigenvalue weighted by Crippen LogP contribution is 2.31. The van der Waals surface area contributed by atoms with Crippen molar-refractivity contribution in [3.8, 4) is 0 Å². The predicted octanol–water partition coefficient (Wildman–Crippen LogP) is 2.90. The number of hydrogen-bond donors (Lipinski definition) is 1. The quantitative estimate of drug-likeness (QED) is 0.660. The molecule has 0 radical (unpaired) electrons. The zero-order valence-corrected chi connectivity index (χ0v) is 18.3. The van der Waals surface area contributed by atoms with Crippen molar-refractivity contribution >= 4 is 40.8 Å². The number of cyclic esters (lactones) is 1. The molecule has 2 saturated heterocycles. The molecule has 0 aliphatic carbocycles. The monoisotopic (exact) mass is 456 g/mol. The number of ether oxygens (including phenoxy) is 2. The molecule has 1 aromatic carbocycles. The molecule has 170 valence electrons. The molecule has 11 heteroatoms. The minimum Gasteiger partial charge on any atom is -0.450 e. The third-order valence-electron chi connectivity index (χ3n) is 5.16. The van der Waals surface area contributed by atoms with Crippen LogP contribution in [0.25, 0.3) is 0 Å². The summed E-state index contributed by atoms with van der Waals surface area (Å²) in [6, 6.07) is 2.26. The van der Waals surface area contributed by atoms with E-state index in [0.29, 0.717) is 31.0 Å². The van der Waals surface area contributed by atoms with Gasteiger partial charge in [-0.05, 0) is 13.3 Å². The lowest BCUT2D eigenvalue weighted by Gasteiger charge is -2.35. The van der Waals surface area contributed by atoms with Crippen LogP contribution in [-0.2, 0) is 9.47 Å². The summed E-state index contributed by atoms with van der Waals surface area (Å²) in [7, 11) is 0. The molecule has 0 spiro atoms. The SMILES string of the molecule is CCOC(=O)N1CCN(c2c(F)cc(N3CC(CNC(=S)CC)OC3=O)cc2F)CC1. The van der Waals surface area contributed by atoms with Gasteiger partial charge in [0.2, 0.25) is 0 Å². The van der Waals surface area contributed by atoms with E-state index < -0.39 is 29.9 Å². The van der Waals surface area contributed by atoms with Gasteiger partial charge in [0, 0.05) is 38.3 Å². The minimum atomic E-state index is -0.777. The number of hydrogen-bond acceptors (Lipinski definition) is 6. The largest absolute Gasteiger partial charge is 0.450 e. The lowest BCUT2D eigenvalue weighted by Crippen LogP contribution is -2.49. The number of thiocarbonyl (C=S) groups is 1. The highest BCUT2D eigenvalue weighted by Gasteiger charge is 2.34. The predicted molar refractivity (Wildman–Crippen MR) is 116 cm³/mol. The highest BCUT2D eigenvalue weighted by molar-refractivity contribution is 7.80. The van der Waals surface area contributed by atoms with Gasteiger partial charge >= 0.3 is 12.2 Å². The standard InChI is InChI=1S/C20H26F2N4O4S/c1-3-17(31)23-11-14-12-26(20(28)30-14)13-9-15(21)18(16(22)10-13)24-5-7-25(8-6-24)19(27)29-4-2/h9-10,14H,3-8,11-12H2,1-2H3,(H,23,31). The van der Waals surface area contributed by atoms with Crippen LogP contribution in [0, 0.1) is 11.6 Å². The van der Waals surface area contributed by atoms with Crippen LogP contribution in [0.4, 0.5) is 29.7 Å². The molecule has 2 amide bonds. The first-order valence-electron chi connectivity index (χ1n) is 10.2. The van der Waals surface area contributed by atoms with Gasteiger partial charge in [0.1, 0.15) is 11.8 Å². The molecule has 1 N–H and O–H groups in total. The molecular formula is C20H26F2N4O4S. The molecule has 0 aromatic heterocycles. The fourth-order valence-corrected chi connectivity index (χ4v) is 3.61. The van der Waals surface area contributed by atoms with Crippen molar-refractivity contribution in [1.82, 2.24) is 10.2 Å². The number of amides is 2. The second-order valence-corrected chi connectivity index (χ2v) is 7.70. The molecule has 1 aromatic rings. The van der Waals surface area contributed by atoms with Gasteiger partial charge in [-0.15, -0.1) is 0 Å². The van der Waals surface area contributed by atoms with E-state index in [2.05, 4.69) is 5.32 Å². The Kier molecular flexibility index (Phi) is 7.47. The molecule has 2 aliphatic rings. The van der Waals surface area contributed by atoms with E-state index in [0.717, 1.165) is 12.1 Å². The van der Waals surface area contributed by atoms with E-state index in [9.17, 15) is 18.4 Å². The third kappa shape index (κ3) is 5.33. The number of carbonyl (C=O) groups is 2. The Hall–Kier alpha value is -2.69. The number of nitrogens with one attached hydrogen (secondary N) is 1. The average Bonchev–Trinajstić information content (AvgIpc) is 3.12. The topological polar surface area (TPSA) is 74.3 Å². The lowest BCUT2D eigenvalue weighted by atomic mass is 10.2. The van der Waals surface area contributed by atoms with Gasteiger partial charge in [0.25, 0.3) is 0 Å². The van der Waals surface area contributed by atoms with Gasteiger partial charge in [-0.3, -0.25) is 4.90 Å². The average molecular weight is 457 g/mol. The molecule has 0 saturated carbocycles. The summed E-state index contributed by atoms with van der Waals surface area (Å²) in [5, 5.41) is 3.00. The molecule has 1 atom stereocenters. The maximum atomic E-state index is 14.9. The van der Waals surface area contributed by atoms with Crippen molar-refractivity contribution in [2.75, 3.05) is 55.7 Å². The van der Waals surface area contributed by atoms with E-state index >= 15 is 0 Å². The number of benzene rings is 1. The van der Waals surface area contributed by atoms with Crippen LogP contribution in [-0.4, -0.2) is 74.1 Å². The fourth-order valence-electron chi connectivity index (χ4n) is 3.53. The normalized spacial score (nSPS) is 18.8. The van der Waals surface area contributed by atoms with Crippen LogP contribution in [0.1, 0.15) is 20.3 Å². The van der Waals surface area contributed by atoms with Gasteiger partial charge in [0.15, 0.2) is 11.6 Å². The Morgan fingerprint density at radius 2 is 1.87 bits per heavy atom. The fraction of sp³-hybridized carbons (Fsp3) is 0.550. The van der Waals surface area contributed by atoms with Crippen molar-refractivity contribution in [2.45, 2.75) is 26.4 Å². The smallest absolute Gasteiger partial charge is 0.414 e. The Labute approximate surface area is 185 Å². The van der Waals surface area contributed by atoms with Crippen molar-refractivity contribution < 1.29 is 27.8 Å². The van der Waals surface area contributed by atoms with Crippen molar-refractivity contribution in [2.24, 2.45) is 0 Å². The number of nitrogens with zero attached hydrogens (tertiary/aromatic N) is 3. The molecule has 2 aliphatic heterocycles. The van der Waals surface area contributed by atoms with Crippen LogP contribution in [0.5, 0.6) is 0 Å². The van der Waals surface area contributed by atoms with E-state index in [1.54, 1.807) is 11.8 Å². The summed E-state index contributed by atoms with van der Waals surface area (Å²) in [6.45, 7) is 5.52. The van der Waals surface area contributed by atoms with Crippen LogP contribution >= 0.6 is 12.2 Å². The molecule has 1 unspecified atom stereocenters. The van der Waals surface area contributed by atoms with Gasteiger partial charge < -0.3 is 24.6 Å². The number of halogens is 2. The van der Waals surface area contributed by atoms with Gasteiger partial charge in [0.05, 0.1) is 30.4 Å². The Morgan fingerprint density at radius 3 is 2.45 bits per heavy atom. The zero-order valence-electron chi connectivity index (χ0n) is 17.5. The van der Waals surface area contributed by atoms with Crippen LogP contribution in [0.2, 0.25) is 0 Å². The first-order valence-corrected chi connectivity index (χ1v) is 10.6. The first-order chi connectivity index (χ1) is 14.8. The first kappa shape index (κ1) is 23.0. The van der Waals surface area contributed by atoms with Crippen LogP contribution < -0.4 is 15.1 Å². The summed E-state index contributed by atoms with van der Waals surface area (Å²) < 4.78 is 39.9. The summed E-state index contributed by atoms with van der Waals surface area (Å²) in [6.07, 6.45) is -0.900. The summed E-state index contributed by atoms with van der Waals surface area (Å²) in [5.74, 6) is -1.55. The Bertz CT molecular complexity index is 825. The molecule has 31 heavy (non-hydrogen) atoms. The third-order valence-corrected chi connectivity index (χ3v) is 5.59. The maximum Gasteiger partial charge on any atom is 0.414 e. The van der Waals surface area contributed by atoms with Gasteiger partial charge in [-0.25, -0.2) is 18.4 Å².